The van der Waals surface area contributed by atoms with Crippen molar-refractivity contribution < 1.29 is 4.74 Å². The highest BCUT2D eigenvalue weighted by Crippen LogP contribution is 2.16. The molecular formula is C11H25NO. The lowest BCUT2D eigenvalue weighted by Crippen LogP contribution is -2.20. The number of methoxy groups -OCH3 is 1. The van der Waals surface area contributed by atoms with Gasteiger partial charge in [0.1, 0.15) is 0 Å². The number of rotatable bonds is 8. The van der Waals surface area contributed by atoms with Gasteiger partial charge in [-0.15, -0.1) is 0 Å². The van der Waals surface area contributed by atoms with Crippen molar-refractivity contribution in [1.82, 2.24) is 5.32 Å². The number of hydrogen-bond acceptors (Lipinski definition) is 2. The Labute approximate surface area is 83.1 Å². The van der Waals surface area contributed by atoms with Gasteiger partial charge in [0.2, 0.25) is 0 Å². The van der Waals surface area contributed by atoms with Gasteiger partial charge in [0.05, 0.1) is 0 Å². The first-order valence-corrected chi connectivity index (χ1v) is 5.34. The quantitative estimate of drug-likeness (QED) is 0.589. The summed E-state index contributed by atoms with van der Waals surface area (Å²) in [6.45, 7) is 6.62. The van der Waals surface area contributed by atoms with Crippen molar-refractivity contribution >= 4 is 0 Å². The fraction of sp³-hybridized carbons (Fsp3) is 1.00. The first-order chi connectivity index (χ1) is 6.20. The van der Waals surface area contributed by atoms with Crippen molar-refractivity contribution in [3.8, 4) is 0 Å². The molecule has 0 spiro atoms. The van der Waals surface area contributed by atoms with Crippen LogP contribution in [0.3, 0.4) is 0 Å². The second kappa shape index (κ2) is 8.52. The van der Waals surface area contributed by atoms with Crippen LogP contribution in [0.2, 0.25) is 0 Å². The van der Waals surface area contributed by atoms with Crippen LogP contribution in [-0.2, 0) is 4.74 Å². The van der Waals surface area contributed by atoms with Crippen LogP contribution in [0.15, 0.2) is 0 Å². The molecule has 1 unspecified atom stereocenters. The van der Waals surface area contributed by atoms with Gasteiger partial charge < -0.3 is 10.1 Å². The van der Waals surface area contributed by atoms with E-state index in [1.807, 2.05) is 7.05 Å². The molecular weight excluding hydrogens is 162 g/mol. The van der Waals surface area contributed by atoms with Gasteiger partial charge in [0, 0.05) is 13.7 Å². The van der Waals surface area contributed by atoms with Crippen molar-refractivity contribution in [2.24, 2.45) is 11.8 Å². The van der Waals surface area contributed by atoms with Gasteiger partial charge >= 0.3 is 0 Å². The zero-order chi connectivity index (χ0) is 10.1. The average Bonchev–Trinajstić information content (AvgIpc) is 2.04. The molecule has 0 aliphatic heterocycles. The highest BCUT2D eigenvalue weighted by Gasteiger charge is 2.09. The molecule has 0 fully saturated rings. The van der Waals surface area contributed by atoms with E-state index in [4.69, 9.17) is 4.74 Å². The molecule has 0 aromatic heterocycles. The van der Waals surface area contributed by atoms with E-state index in [1.54, 1.807) is 7.11 Å². The number of hydrogen-bond donors (Lipinski definition) is 1. The molecule has 80 valence electrons. The van der Waals surface area contributed by atoms with E-state index in [0.717, 1.165) is 25.0 Å². The Bertz CT molecular complexity index is 104. The molecule has 0 aromatic rings. The van der Waals surface area contributed by atoms with Crippen molar-refractivity contribution in [3.63, 3.8) is 0 Å². The van der Waals surface area contributed by atoms with Crippen molar-refractivity contribution in [1.29, 1.82) is 0 Å². The molecule has 2 heteroatoms. The zero-order valence-electron chi connectivity index (χ0n) is 9.60. The van der Waals surface area contributed by atoms with E-state index < -0.39 is 0 Å². The van der Waals surface area contributed by atoms with Gasteiger partial charge in [-0.05, 0) is 44.7 Å². The fourth-order valence-electron chi connectivity index (χ4n) is 1.77. The Kier molecular flexibility index (Phi) is 8.46. The maximum absolute atomic E-state index is 5.05. The van der Waals surface area contributed by atoms with Gasteiger partial charge in [-0.3, -0.25) is 0 Å². The summed E-state index contributed by atoms with van der Waals surface area (Å²) in [6.07, 6.45) is 3.80. The normalized spacial score (nSPS) is 13.6. The number of nitrogens with one attached hydrogen (secondary N) is 1. The molecule has 0 heterocycles. The monoisotopic (exact) mass is 187 g/mol. The van der Waals surface area contributed by atoms with E-state index >= 15 is 0 Å². The highest BCUT2D eigenvalue weighted by molar-refractivity contribution is 4.63. The average molecular weight is 187 g/mol. The Hall–Kier alpha value is -0.0800. The maximum Gasteiger partial charge on any atom is 0.0462 e. The van der Waals surface area contributed by atoms with Crippen LogP contribution < -0.4 is 5.32 Å². The van der Waals surface area contributed by atoms with Crippen LogP contribution >= 0.6 is 0 Å². The summed E-state index contributed by atoms with van der Waals surface area (Å²) >= 11 is 0. The minimum Gasteiger partial charge on any atom is -0.385 e. The first kappa shape index (κ1) is 12.9. The topological polar surface area (TPSA) is 21.3 Å². The van der Waals surface area contributed by atoms with Gasteiger partial charge in [-0.2, -0.15) is 0 Å². The van der Waals surface area contributed by atoms with E-state index in [0.29, 0.717) is 0 Å². The Morgan fingerprint density at radius 3 is 2.46 bits per heavy atom. The molecule has 0 amide bonds. The first-order valence-electron chi connectivity index (χ1n) is 5.34. The molecule has 0 aliphatic carbocycles. The molecule has 1 N–H and O–H groups in total. The SMILES string of the molecule is CNCC(CCCOC)CC(C)C. The summed E-state index contributed by atoms with van der Waals surface area (Å²) in [5.41, 5.74) is 0. The van der Waals surface area contributed by atoms with Crippen molar-refractivity contribution in [2.75, 3.05) is 27.3 Å². The van der Waals surface area contributed by atoms with Crippen LogP contribution in [-0.4, -0.2) is 27.3 Å². The highest BCUT2D eigenvalue weighted by atomic mass is 16.5. The standard InChI is InChI=1S/C11H25NO/c1-10(2)8-11(9-12-3)6-5-7-13-4/h10-12H,5-9H2,1-4H3. The van der Waals surface area contributed by atoms with Gasteiger partial charge in [-0.25, -0.2) is 0 Å². The van der Waals surface area contributed by atoms with Gasteiger partial charge in [-0.1, -0.05) is 13.8 Å². The van der Waals surface area contributed by atoms with Crippen LogP contribution in [0.4, 0.5) is 0 Å². The van der Waals surface area contributed by atoms with Crippen LogP contribution in [0.5, 0.6) is 0 Å². The summed E-state index contributed by atoms with van der Waals surface area (Å²) in [5.74, 6) is 1.63. The summed E-state index contributed by atoms with van der Waals surface area (Å²) < 4.78 is 5.05. The predicted molar refractivity (Wildman–Crippen MR) is 58.0 cm³/mol. The molecule has 0 saturated carbocycles. The van der Waals surface area contributed by atoms with Crippen LogP contribution in [0, 0.1) is 11.8 Å². The lowest BCUT2D eigenvalue weighted by molar-refractivity contribution is 0.184. The van der Waals surface area contributed by atoms with Gasteiger partial charge in [0.15, 0.2) is 0 Å². The molecule has 0 saturated heterocycles. The minimum atomic E-state index is 0.806. The van der Waals surface area contributed by atoms with Crippen molar-refractivity contribution in [2.45, 2.75) is 33.1 Å². The lowest BCUT2D eigenvalue weighted by atomic mass is 9.93. The molecule has 0 rings (SSSR count). The molecule has 13 heavy (non-hydrogen) atoms. The Morgan fingerprint density at radius 2 is 2.00 bits per heavy atom. The second-order valence-corrected chi connectivity index (χ2v) is 4.19. The summed E-state index contributed by atoms with van der Waals surface area (Å²) in [5, 5.41) is 3.26. The van der Waals surface area contributed by atoms with E-state index in [9.17, 15) is 0 Å². The van der Waals surface area contributed by atoms with Gasteiger partial charge in [0.25, 0.3) is 0 Å². The summed E-state index contributed by atoms with van der Waals surface area (Å²) in [4.78, 5) is 0. The predicted octanol–water partition coefficient (Wildman–Crippen LogP) is 2.29. The Morgan fingerprint density at radius 1 is 1.31 bits per heavy atom. The summed E-state index contributed by atoms with van der Waals surface area (Å²) in [7, 11) is 3.80. The van der Waals surface area contributed by atoms with E-state index in [1.165, 1.54) is 19.3 Å². The van der Waals surface area contributed by atoms with E-state index in [2.05, 4.69) is 19.2 Å². The smallest absolute Gasteiger partial charge is 0.0462 e. The third kappa shape index (κ3) is 8.26. The molecule has 2 nitrogen and oxygen atoms in total. The molecule has 0 aliphatic rings. The molecule has 0 radical (unpaired) electrons. The number of ether oxygens (including phenoxy) is 1. The third-order valence-corrected chi connectivity index (χ3v) is 2.26. The second-order valence-electron chi connectivity index (χ2n) is 4.19. The fourth-order valence-corrected chi connectivity index (χ4v) is 1.77. The van der Waals surface area contributed by atoms with Crippen LogP contribution in [0.25, 0.3) is 0 Å². The lowest BCUT2D eigenvalue weighted by Gasteiger charge is -2.18. The molecule has 0 bridgehead atoms. The van der Waals surface area contributed by atoms with E-state index in [-0.39, 0.29) is 0 Å². The maximum atomic E-state index is 5.05. The summed E-state index contributed by atoms with van der Waals surface area (Å²) in [6, 6.07) is 0. The van der Waals surface area contributed by atoms with Crippen molar-refractivity contribution in [3.05, 3.63) is 0 Å². The Balaban J connectivity index is 3.53. The third-order valence-electron chi connectivity index (χ3n) is 2.26. The largest absolute Gasteiger partial charge is 0.385 e. The zero-order valence-corrected chi connectivity index (χ0v) is 9.60. The van der Waals surface area contributed by atoms with Crippen LogP contribution in [0.1, 0.15) is 33.1 Å². The minimum absolute atomic E-state index is 0.806. The molecule has 0 aromatic carbocycles. The molecule has 1 atom stereocenters.